The van der Waals surface area contributed by atoms with Crippen molar-refractivity contribution in [1.29, 1.82) is 0 Å². The Hall–Kier alpha value is -3.44. The summed E-state index contributed by atoms with van der Waals surface area (Å²) in [6, 6.07) is 21.6. The zero-order chi connectivity index (χ0) is 20.4. The smallest absolute Gasteiger partial charge is 0.203 e. The molecule has 0 bridgehead atoms. The average molecular weight is 389 g/mol. The van der Waals surface area contributed by atoms with Gasteiger partial charge in [0.2, 0.25) is 5.75 Å². The van der Waals surface area contributed by atoms with Crippen LogP contribution in [0.4, 0.5) is 0 Å². The highest BCUT2D eigenvalue weighted by atomic mass is 16.5. The van der Waals surface area contributed by atoms with Gasteiger partial charge >= 0.3 is 0 Å². The van der Waals surface area contributed by atoms with Crippen molar-refractivity contribution in [3.63, 3.8) is 0 Å². The number of aliphatic hydroxyl groups is 1. The first-order valence-corrected chi connectivity index (χ1v) is 9.30. The highest BCUT2D eigenvalue weighted by Gasteiger charge is 2.19. The van der Waals surface area contributed by atoms with Crippen molar-refractivity contribution in [3.8, 4) is 28.5 Å². The number of hydrogen-bond acceptors (Lipinski definition) is 4. The van der Waals surface area contributed by atoms with E-state index in [-0.39, 0.29) is 0 Å². The van der Waals surface area contributed by atoms with Crippen LogP contribution < -0.4 is 14.2 Å². The van der Waals surface area contributed by atoms with Crippen LogP contribution in [-0.4, -0.2) is 31.4 Å². The Bertz CT molecular complexity index is 1090. The lowest BCUT2D eigenvalue weighted by Crippen LogP contribution is -2.03. The van der Waals surface area contributed by atoms with E-state index in [0.717, 1.165) is 27.7 Å². The monoisotopic (exact) mass is 389 g/mol. The van der Waals surface area contributed by atoms with E-state index < -0.39 is 6.10 Å². The number of ether oxygens (including phenoxy) is 3. The normalized spacial score (nSPS) is 12.0. The summed E-state index contributed by atoms with van der Waals surface area (Å²) in [4.78, 5) is 3.43. The van der Waals surface area contributed by atoms with Crippen molar-refractivity contribution in [2.75, 3.05) is 21.3 Å². The van der Waals surface area contributed by atoms with Crippen molar-refractivity contribution >= 4 is 10.9 Å². The van der Waals surface area contributed by atoms with E-state index in [9.17, 15) is 5.11 Å². The van der Waals surface area contributed by atoms with Gasteiger partial charge < -0.3 is 24.3 Å². The third kappa shape index (κ3) is 3.52. The fraction of sp³-hybridized carbons (Fsp3) is 0.167. The molecule has 0 fully saturated rings. The molecule has 0 aliphatic rings. The van der Waals surface area contributed by atoms with Crippen LogP contribution in [0.25, 0.3) is 22.2 Å². The largest absolute Gasteiger partial charge is 0.493 e. The van der Waals surface area contributed by atoms with Crippen LogP contribution >= 0.6 is 0 Å². The Balaban J connectivity index is 1.73. The average Bonchev–Trinajstić information content (AvgIpc) is 3.22. The summed E-state index contributed by atoms with van der Waals surface area (Å²) in [6.45, 7) is 0. The van der Waals surface area contributed by atoms with Crippen LogP contribution in [0.2, 0.25) is 0 Å². The van der Waals surface area contributed by atoms with Gasteiger partial charge in [-0.1, -0.05) is 36.4 Å². The molecule has 0 radical (unpaired) electrons. The van der Waals surface area contributed by atoms with Gasteiger partial charge in [-0.25, -0.2) is 0 Å². The molecule has 2 N–H and O–H groups in total. The molecule has 1 heterocycles. The minimum Gasteiger partial charge on any atom is -0.493 e. The Kier molecular flexibility index (Phi) is 5.14. The summed E-state index contributed by atoms with van der Waals surface area (Å²) in [7, 11) is 4.67. The predicted molar refractivity (Wildman–Crippen MR) is 114 cm³/mol. The van der Waals surface area contributed by atoms with E-state index in [0.29, 0.717) is 22.8 Å². The number of aromatic nitrogens is 1. The van der Waals surface area contributed by atoms with Crippen molar-refractivity contribution in [1.82, 2.24) is 4.98 Å². The number of nitrogens with one attached hydrogen (secondary N) is 1. The predicted octanol–water partition coefficient (Wildman–Crippen LogP) is 4.94. The summed E-state index contributed by atoms with van der Waals surface area (Å²) >= 11 is 0. The van der Waals surface area contributed by atoms with Crippen LogP contribution in [0.5, 0.6) is 17.2 Å². The van der Waals surface area contributed by atoms with Gasteiger partial charge in [0.05, 0.1) is 21.3 Å². The second kappa shape index (κ2) is 7.89. The molecule has 0 saturated heterocycles. The number of aromatic amines is 1. The molecule has 5 heteroatoms. The van der Waals surface area contributed by atoms with Crippen LogP contribution in [-0.2, 0) is 0 Å². The van der Waals surface area contributed by atoms with E-state index in [4.69, 9.17) is 14.2 Å². The van der Waals surface area contributed by atoms with Crippen molar-refractivity contribution in [2.45, 2.75) is 6.10 Å². The zero-order valence-electron chi connectivity index (χ0n) is 16.6. The third-order valence-electron chi connectivity index (χ3n) is 5.05. The van der Waals surface area contributed by atoms with E-state index in [2.05, 4.69) is 17.1 Å². The van der Waals surface area contributed by atoms with Crippen molar-refractivity contribution < 1.29 is 19.3 Å². The van der Waals surface area contributed by atoms with Crippen LogP contribution in [0, 0.1) is 0 Å². The van der Waals surface area contributed by atoms with E-state index in [1.165, 1.54) is 0 Å². The zero-order valence-corrected chi connectivity index (χ0v) is 16.6. The molecule has 0 spiro atoms. The summed E-state index contributed by atoms with van der Waals surface area (Å²) in [6.07, 6.45) is -0.840. The third-order valence-corrected chi connectivity index (χ3v) is 5.05. The standard InChI is InChI=1S/C24H23NO4/c1-27-21-13-18(14-22(28-2)24(21)29-3)23(26)17-9-6-8-15(11-17)20-12-16-7-4-5-10-19(16)25-20/h4-14,23,25-26H,1-3H3. The molecule has 4 aromatic rings. The molecule has 1 atom stereocenters. The second-order valence-corrected chi connectivity index (χ2v) is 6.76. The number of benzene rings is 3. The Morgan fingerprint density at radius 1 is 0.759 bits per heavy atom. The molecule has 0 saturated carbocycles. The Labute approximate surface area is 169 Å². The van der Waals surface area contributed by atoms with Gasteiger partial charge in [0.1, 0.15) is 6.10 Å². The number of H-pyrrole nitrogens is 1. The molecule has 148 valence electrons. The number of fused-ring (bicyclic) bond motifs is 1. The van der Waals surface area contributed by atoms with Crippen LogP contribution in [0.15, 0.2) is 66.7 Å². The van der Waals surface area contributed by atoms with Crippen LogP contribution in [0.1, 0.15) is 17.2 Å². The number of hydrogen-bond donors (Lipinski definition) is 2. The number of rotatable bonds is 6. The number of aliphatic hydroxyl groups excluding tert-OH is 1. The number of para-hydroxylation sites is 1. The quantitative estimate of drug-likeness (QED) is 0.490. The van der Waals surface area contributed by atoms with Gasteiger partial charge in [-0.3, -0.25) is 0 Å². The highest BCUT2D eigenvalue weighted by Crippen LogP contribution is 2.41. The van der Waals surface area contributed by atoms with E-state index in [1.54, 1.807) is 33.5 Å². The lowest BCUT2D eigenvalue weighted by atomic mass is 9.98. The maximum atomic E-state index is 11.0. The summed E-state index contributed by atoms with van der Waals surface area (Å²) in [5.41, 5.74) is 4.53. The molecule has 0 aliphatic carbocycles. The summed E-state index contributed by atoms with van der Waals surface area (Å²) < 4.78 is 16.2. The van der Waals surface area contributed by atoms with Gasteiger partial charge in [-0.05, 0) is 47.0 Å². The molecule has 3 aromatic carbocycles. The number of methoxy groups -OCH3 is 3. The van der Waals surface area contributed by atoms with Crippen molar-refractivity contribution in [2.24, 2.45) is 0 Å². The van der Waals surface area contributed by atoms with Gasteiger partial charge in [0.25, 0.3) is 0 Å². The molecule has 29 heavy (non-hydrogen) atoms. The first-order chi connectivity index (χ1) is 14.1. The van der Waals surface area contributed by atoms with Gasteiger partial charge in [0.15, 0.2) is 11.5 Å². The van der Waals surface area contributed by atoms with E-state index >= 15 is 0 Å². The molecule has 0 amide bonds. The van der Waals surface area contributed by atoms with E-state index in [1.807, 2.05) is 42.5 Å². The second-order valence-electron chi connectivity index (χ2n) is 6.76. The van der Waals surface area contributed by atoms with Crippen LogP contribution in [0.3, 0.4) is 0 Å². The molecule has 5 nitrogen and oxygen atoms in total. The Morgan fingerprint density at radius 2 is 1.48 bits per heavy atom. The topological polar surface area (TPSA) is 63.7 Å². The minimum absolute atomic E-state index is 0.498. The fourth-order valence-corrected chi connectivity index (χ4v) is 3.56. The lowest BCUT2D eigenvalue weighted by Gasteiger charge is -2.18. The molecule has 0 aliphatic heterocycles. The molecular formula is C24H23NO4. The van der Waals surface area contributed by atoms with Crippen molar-refractivity contribution in [3.05, 3.63) is 77.9 Å². The molecule has 1 unspecified atom stereocenters. The van der Waals surface area contributed by atoms with Gasteiger partial charge in [-0.2, -0.15) is 0 Å². The molecule has 4 rings (SSSR count). The molecule has 1 aromatic heterocycles. The van der Waals surface area contributed by atoms with Gasteiger partial charge in [0, 0.05) is 16.6 Å². The summed E-state index contributed by atoms with van der Waals surface area (Å²) in [5, 5.41) is 12.2. The summed E-state index contributed by atoms with van der Waals surface area (Å²) in [5.74, 6) is 1.51. The first kappa shape index (κ1) is 18.9. The maximum absolute atomic E-state index is 11.0. The first-order valence-electron chi connectivity index (χ1n) is 9.30. The van der Waals surface area contributed by atoms with Gasteiger partial charge in [-0.15, -0.1) is 0 Å². The highest BCUT2D eigenvalue weighted by molar-refractivity contribution is 5.85. The fourth-order valence-electron chi connectivity index (χ4n) is 3.56. The lowest BCUT2D eigenvalue weighted by molar-refractivity contribution is 0.218. The maximum Gasteiger partial charge on any atom is 0.203 e. The Morgan fingerprint density at radius 3 is 2.14 bits per heavy atom. The minimum atomic E-state index is -0.840. The molecular weight excluding hydrogens is 366 g/mol. The SMILES string of the molecule is COc1cc(C(O)c2cccc(-c3cc4ccccc4[nH]3)c2)cc(OC)c1OC.